The van der Waals surface area contributed by atoms with Crippen molar-refractivity contribution in [2.75, 3.05) is 20.7 Å². The molecule has 6 heteroatoms. The van der Waals surface area contributed by atoms with Crippen molar-refractivity contribution in [2.24, 2.45) is 0 Å². The van der Waals surface area contributed by atoms with Gasteiger partial charge in [-0.2, -0.15) is 0 Å². The molecule has 1 aliphatic rings. The molecule has 6 nitrogen and oxygen atoms in total. The monoisotopic (exact) mass is 334 g/mol. The van der Waals surface area contributed by atoms with Crippen LogP contribution in [0.1, 0.15) is 37.7 Å². The zero-order valence-corrected chi connectivity index (χ0v) is 14.6. The number of hydrogen-bond acceptors (Lipinski definition) is 3. The van der Waals surface area contributed by atoms with E-state index in [1.165, 1.54) is 6.42 Å². The molecule has 1 atom stereocenters. The van der Waals surface area contributed by atoms with Crippen LogP contribution in [0.5, 0.6) is 5.75 Å². The lowest BCUT2D eigenvalue weighted by atomic mass is 9.96. The molecule has 132 valence electrons. The second-order valence-corrected chi connectivity index (χ2v) is 6.52. The number of benzene rings is 1. The van der Waals surface area contributed by atoms with E-state index in [0.717, 1.165) is 41.9 Å². The van der Waals surface area contributed by atoms with Gasteiger partial charge in [0, 0.05) is 11.6 Å². The van der Waals surface area contributed by atoms with Crippen LogP contribution in [0, 0.1) is 0 Å². The van der Waals surface area contributed by atoms with Crippen LogP contribution in [0.15, 0.2) is 24.3 Å². The zero-order valence-electron chi connectivity index (χ0n) is 14.6. The topological polar surface area (TPSA) is 71.9 Å². The SMILES string of the molecule is COc1ccc(C[NH+](C)CC(=O)NC(=O)NC2CCCCC2)cc1. The highest BCUT2D eigenvalue weighted by Crippen LogP contribution is 2.17. The summed E-state index contributed by atoms with van der Waals surface area (Å²) < 4.78 is 5.13. The van der Waals surface area contributed by atoms with E-state index in [1.54, 1.807) is 7.11 Å². The molecule has 0 aromatic heterocycles. The molecule has 3 amide bonds. The van der Waals surface area contributed by atoms with Gasteiger partial charge in [0.25, 0.3) is 5.91 Å². The maximum Gasteiger partial charge on any atom is 0.321 e. The van der Waals surface area contributed by atoms with Crippen LogP contribution in [-0.2, 0) is 11.3 Å². The Bertz CT molecular complexity index is 539. The van der Waals surface area contributed by atoms with Crippen molar-refractivity contribution < 1.29 is 19.2 Å². The second-order valence-electron chi connectivity index (χ2n) is 6.52. The molecule has 1 unspecified atom stereocenters. The Balaban J connectivity index is 1.71. The largest absolute Gasteiger partial charge is 0.497 e. The highest BCUT2D eigenvalue weighted by Gasteiger charge is 2.18. The van der Waals surface area contributed by atoms with Crippen LogP contribution >= 0.6 is 0 Å². The molecule has 1 aromatic carbocycles. The average molecular weight is 334 g/mol. The number of likely N-dealkylation sites (N-methyl/N-ethyl adjacent to an activating group) is 1. The molecule has 1 aliphatic carbocycles. The van der Waals surface area contributed by atoms with E-state index < -0.39 is 0 Å². The summed E-state index contributed by atoms with van der Waals surface area (Å²) >= 11 is 0. The molecule has 0 radical (unpaired) electrons. The van der Waals surface area contributed by atoms with Gasteiger partial charge in [0.1, 0.15) is 12.3 Å². The van der Waals surface area contributed by atoms with E-state index in [2.05, 4.69) is 10.6 Å². The summed E-state index contributed by atoms with van der Waals surface area (Å²) in [5.74, 6) is 0.558. The van der Waals surface area contributed by atoms with Crippen molar-refractivity contribution in [3.05, 3.63) is 29.8 Å². The molecule has 2 rings (SSSR count). The normalized spacial score (nSPS) is 16.2. The Morgan fingerprint density at radius 3 is 2.46 bits per heavy atom. The first-order chi connectivity index (χ1) is 11.6. The first kappa shape index (κ1) is 18.3. The second kappa shape index (κ2) is 9.27. The number of amides is 3. The van der Waals surface area contributed by atoms with Gasteiger partial charge in [0.05, 0.1) is 14.2 Å². The number of hydrogen-bond donors (Lipinski definition) is 3. The van der Waals surface area contributed by atoms with Gasteiger partial charge in [-0.1, -0.05) is 19.3 Å². The summed E-state index contributed by atoms with van der Waals surface area (Å²) in [6.45, 7) is 0.964. The molecule has 24 heavy (non-hydrogen) atoms. The van der Waals surface area contributed by atoms with E-state index in [1.807, 2.05) is 31.3 Å². The van der Waals surface area contributed by atoms with E-state index in [9.17, 15) is 9.59 Å². The van der Waals surface area contributed by atoms with Gasteiger partial charge in [-0.05, 0) is 37.1 Å². The van der Waals surface area contributed by atoms with Gasteiger partial charge in [0.2, 0.25) is 0 Å². The highest BCUT2D eigenvalue weighted by molar-refractivity contribution is 5.94. The summed E-state index contributed by atoms with van der Waals surface area (Å²) in [4.78, 5) is 24.9. The number of nitrogens with one attached hydrogen (secondary N) is 3. The van der Waals surface area contributed by atoms with Gasteiger partial charge in [-0.15, -0.1) is 0 Å². The third-order valence-electron chi connectivity index (χ3n) is 4.32. The molecule has 3 N–H and O–H groups in total. The van der Waals surface area contributed by atoms with E-state index in [-0.39, 0.29) is 24.5 Å². The summed E-state index contributed by atoms with van der Waals surface area (Å²) in [7, 11) is 3.57. The van der Waals surface area contributed by atoms with E-state index in [0.29, 0.717) is 6.54 Å². The molecule has 1 saturated carbocycles. The standard InChI is InChI=1S/C18H27N3O3/c1-21(12-14-8-10-16(24-2)11-9-14)13-17(22)20-18(23)19-15-6-4-3-5-7-15/h8-11,15H,3-7,12-13H2,1-2H3,(H2,19,20,22,23)/p+1. The summed E-state index contributed by atoms with van der Waals surface area (Å²) in [5.41, 5.74) is 1.12. The Morgan fingerprint density at radius 2 is 1.83 bits per heavy atom. The summed E-state index contributed by atoms with van der Waals surface area (Å²) in [6.07, 6.45) is 5.54. The fourth-order valence-corrected chi connectivity index (χ4v) is 3.07. The maximum absolute atomic E-state index is 12.0. The van der Waals surface area contributed by atoms with Gasteiger partial charge in [-0.25, -0.2) is 4.79 Å². The van der Waals surface area contributed by atoms with Crippen LogP contribution in [0.25, 0.3) is 0 Å². The smallest absolute Gasteiger partial charge is 0.321 e. The fourth-order valence-electron chi connectivity index (χ4n) is 3.07. The molecule has 1 aromatic rings. The van der Waals surface area contributed by atoms with Gasteiger partial charge < -0.3 is 15.0 Å². The molecule has 0 heterocycles. The van der Waals surface area contributed by atoms with Crippen LogP contribution in [0.4, 0.5) is 4.79 Å². The lowest BCUT2D eigenvalue weighted by Crippen LogP contribution is -3.09. The number of urea groups is 1. The number of rotatable bonds is 6. The minimum atomic E-state index is -0.371. The third kappa shape index (κ3) is 6.20. The van der Waals surface area contributed by atoms with Gasteiger partial charge in [0.15, 0.2) is 6.54 Å². The van der Waals surface area contributed by atoms with Crippen LogP contribution in [0.2, 0.25) is 0 Å². The quantitative estimate of drug-likeness (QED) is 0.723. The predicted octanol–water partition coefficient (Wildman–Crippen LogP) is 0.868. The predicted molar refractivity (Wildman–Crippen MR) is 92.0 cm³/mol. The number of ether oxygens (including phenoxy) is 1. The van der Waals surface area contributed by atoms with Crippen LogP contribution < -0.4 is 20.3 Å². The molecule has 0 bridgehead atoms. The maximum atomic E-state index is 12.0. The minimum absolute atomic E-state index is 0.205. The van der Waals surface area contributed by atoms with E-state index >= 15 is 0 Å². The number of quaternary nitrogens is 1. The minimum Gasteiger partial charge on any atom is -0.497 e. The lowest BCUT2D eigenvalue weighted by molar-refractivity contribution is -0.885. The first-order valence-corrected chi connectivity index (χ1v) is 8.61. The Hall–Kier alpha value is -2.08. The Kier molecular flexibility index (Phi) is 7.06. The highest BCUT2D eigenvalue weighted by atomic mass is 16.5. The zero-order chi connectivity index (χ0) is 17.4. The van der Waals surface area contributed by atoms with Crippen molar-refractivity contribution in [3.8, 4) is 5.75 Å². The van der Waals surface area contributed by atoms with Crippen molar-refractivity contribution in [1.82, 2.24) is 10.6 Å². The van der Waals surface area contributed by atoms with Gasteiger partial charge in [-0.3, -0.25) is 10.1 Å². The lowest BCUT2D eigenvalue weighted by Gasteiger charge is -2.22. The molecule has 0 aliphatic heterocycles. The third-order valence-corrected chi connectivity index (χ3v) is 4.32. The first-order valence-electron chi connectivity index (χ1n) is 8.61. The molecular weight excluding hydrogens is 306 g/mol. The molecular formula is C18H28N3O3+. The Labute approximate surface area is 143 Å². The van der Waals surface area contributed by atoms with Crippen molar-refractivity contribution in [3.63, 3.8) is 0 Å². The number of imide groups is 1. The van der Waals surface area contributed by atoms with Crippen LogP contribution in [-0.4, -0.2) is 38.7 Å². The van der Waals surface area contributed by atoms with Crippen molar-refractivity contribution >= 4 is 11.9 Å². The van der Waals surface area contributed by atoms with Crippen LogP contribution in [0.3, 0.4) is 0 Å². The number of methoxy groups -OCH3 is 1. The van der Waals surface area contributed by atoms with Crippen molar-refractivity contribution in [2.45, 2.75) is 44.7 Å². The molecule has 1 fully saturated rings. The molecule has 0 spiro atoms. The van der Waals surface area contributed by atoms with Crippen molar-refractivity contribution in [1.29, 1.82) is 0 Å². The molecule has 0 saturated heterocycles. The fraction of sp³-hybridized carbons (Fsp3) is 0.556. The summed E-state index contributed by atoms with van der Waals surface area (Å²) in [6, 6.07) is 7.60. The number of carbonyl (C=O) groups excluding carboxylic acids is 2. The Morgan fingerprint density at radius 1 is 1.17 bits per heavy atom. The van der Waals surface area contributed by atoms with Gasteiger partial charge >= 0.3 is 6.03 Å². The van der Waals surface area contributed by atoms with E-state index in [4.69, 9.17) is 4.74 Å². The number of carbonyl (C=O) groups is 2. The summed E-state index contributed by atoms with van der Waals surface area (Å²) in [5, 5.41) is 5.32. The average Bonchev–Trinajstić information content (AvgIpc) is 2.56.